The van der Waals surface area contributed by atoms with Gasteiger partial charge in [-0.05, 0) is 17.7 Å². The van der Waals surface area contributed by atoms with Crippen molar-refractivity contribution in [3.8, 4) is 5.75 Å². The molecule has 1 unspecified atom stereocenters. The fraction of sp³-hybridized carbons (Fsp3) is 0.500. The van der Waals surface area contributed by atoms with Crippen LogP contribution in [-0.4, -0.2) is 24.7 Å². The van der Waals surface area contributed by atoms with Crippen molar-refractivity contribution in [3.05, 3.63) is 28.8 Å². The number of hydrogen-bond donors (Lipinski definition) is 1. The van der Waals surface area contributed by atoms with Crippen LogP contribution >= 0.6 is 11.6 Å². The number of carbonyl (C=O) groups excluding carboxylic acids is 1. The van der Waals surface area contributed by atoms with E-state index in [1.807, 2.05) is 12.1 Å². The van der Waals surface area contributed by atoms with Gasteiger partial charge in [0.25, 0.3) is 0 Å². The maximum absolute atomic E-state index is 11.3. The number of esters is 1. The van der Waals surface area contributed by atoms with Gasteiger partial charge in [0.05, 0.1) is 11.6 Å². The molecular weight excluding hydrogens is 266 g/mol. The van der Waals surface area contributed by atoms with Gasteiger partial charge in [0.2, 0.25) is 0 Å². The molecule has 1 heterocycles. The number of halogens is 1. The van der Waals surface area contributed by atoms with Gasteiger partial charge in [-0.1, -0.05) is 31.5 Å². The Kier molecular flexibility index (Phi) is 4.66. The summed E-state index contributed by atoms with van der Waals surface area (Å²) in [4.78, 5) is 11.3. The number of hydrogen-bond acceptors (Lipinski definition) is 4. The van der Waals surface area contributed by atoms with Gasteiger partial charge in [-0.25, -0.2) is 4.79 Å². The summed E-state index contributed by atoms with van der Waals surface area (Å²) in [5.74, 6) is 0.209. The molecule has 1 aromatic rings. The van der Waals surface area contributed by atoms with Crippen molar-refractivity contribution in [1.82, 2.24) is 5.32 Å². The third kappa shape index (κ3) is 3.85. The SMILES string of the molecule is CC(C)NCc1ccc(OC2CCOC2=O)c(Cl)c1. The second kappa shape index (κ2) is 6.26. The summed E-state index contributed by atoms with van der Waals surface area (Å²) in [6.07, 6.45) is 0.0448. The summed E-state index contributed by atoms with van der Waals surface area (Å²) in [7, 11) is 0. The molecule has 0 aliphatic carbocycles. The summed E-state index contributed by atoms with van der Waals surface area (Å²) < 4.78 is 10.4. The quantitative estimate of drug-likeness (QED) is 0.844. The van der Waals surface area contributed by atoms with Gasteiger partial charge >= 0.3 is 5.97 Å². The predicted molar refractivity (Wildman–Crippen MR) is 73.4 cm³/mol. The highest BCUT2D eigenvalue weighted by Crippen LogP contribution is 2.28. The first-order valence-corrected chi connectivity index (χ1v) is 6.79. The van der Waals surface area contributed by atoms with E-state index >= 15 is 0 Å². The molecule has 104 valence electrons. The molecule has 1 atom stereocenters. The normalized spacial score (nSPS) is 18.7. The largest absolute Gasteiger partial charge is 0.477 e. The van der Waals surface area contributed by atoms with Crippen molar-refractivity contribution in [2.45, 2.75) is 39.0 Å². The van der Waals surface area contributed by atoms with Crippen LogP contribution in [0.15, 0.2) is 18.2 Å². The van der Waals surface area contributed by atoms with Crippen molar-refractivity contribution in [2.75, 3.05) is 6.61 Å². The molecule has 0 aromatic heterocycles. The van der Waals surface area contributed by atoms with Crippen LogP contribution in [-0.2, 0) is 16.1 Å². The summed E-state index contributed by atoms with van der Waals surface area (Å²) in [6, 6.07) is 6.01. The minimum absolute atomic E-state index is 0.318. The van der Waals surface area contributed by atoms with Crippen LogP contribution in [0.3, 0.4) is 0 Å². The average Bonchev–Trinajstić information content (AvgIpc) is 2.75. The first-order valence-electron chi connectivity index (χ1n) is 6.41. The van der Waals surface area contributed by atoms with Crippen LogP contribution in [0.25, 0.3) is 0 Å². The topological polar surface area (TPSA) is 47.6 Å². The number of nitrogens with one attached hydrogen (secondary N) is 1. The molecule has 1 aromatic carbocycles. The monoisotopic (exact) mass is 283 g/mol. The summed E-state index contributed by atoms with van der Waals surface area (Å²) in [6.45, 7) is 5.34. The van der Waals surface area contributed by atoms with Gasteiger partial charge in [0, 0.05) is 19.0 Å². The Morgan fingerprint density at radius 2 is 2.32 bits per heavy atom. The second-order valence-corrected chi connectivity index (χ2v) is 5.27. The van der Waals surface area contributed by atoms with Gasteiger partial charge in [-0.2, -0.15) is 0 Å². The Morgan fingerprint density at radius 3 is 2.89 bits per heavy atom. The molecule has 4 nitrogen and oxygen atoms in total. The van der Waals surface area contributed by atoms with Crippen molar-refractivity contribution in [1.29, 1.82) is 0 Å². The second-order valence-electron chi connectivity index (χ2n) is 4.86. The Hall–Kier alpha value is -1.26. The summed E-state index contributed by atoms with van der Waals surface area (Å²) in [5, 5.41) is 3.83. The fourth-order valence-corrected chi connectivity index (χ4v) is 2.06. The molecule has 1 aliphatic rings. The van der Waals surface area contributed by atoms with E-state index in [1.54, 1.807) is 6.07 Å². The average molecular weight is 284 g/mol. The molecule has 1 saturated heterocycles. The third-order valence-corrected chi connectivity index (χ3v) is 3.16. The van der Waals surface area contributed by atoms with Crippen LogP contribution < -0.4 is 10.1 Å². The molecule has 0 spiro atoms. The van der Waals surface area contributed by atoms with Gasteiger partial charge in [0.1, 0.15) is 5.75 Å². The molecule has 1 aliphatic heterocycles. The van der Waals surface area contributed by atoms with E-state index < -0.39 is 6.10 Å². The molecule has 1 fully saturated rings. The van der Waals surface area contributed by atoms with E-state index in [2.05, 4.69) is 19.2 Å². The lowest BCUT2D eigenvalue weighted by Gasteiger charge is -2.13. The van der Waals surface area contributed by atoms with Crippen LogP contribution in [0.5, 0.6) is 5.75 Å². The van der Waals surface area contributed by atoms with Crippen molar-refractivity contribution >= 4 is 17.6 Å². The van der Waals surface area contributed by atoms with Gasteiger partial charge in [0.15, 0.2) is 6.10 Å². The highest BCUT2D eigenvalue weighted by Gasteiger charge is 2.28. The molecule has 2 rings (SSSR count). The molecule has 1 N–H and O–H groups in total. The van der Waals surface area contributed by atoms with Gasteiger partial charge in [-0.3, -0.25) is 0 Å². The molecule has 19 heavy (non-hydrogen) atoms. The molecule has 5 heteroatoms. The summed E-state index contributed by atoms with van der Waals surface area (Å²) >= 11 is 6.17. The lowest BCUT2D eigenvalue weighted by atomic mass is 10.2. The van der Waals surface area contributed by atoms with E-state index in [9.17, 15) is 4.79 Å². The van der Waals surface area contributed by atoms with Crippen molar-refractivity contribution in [2.24, 2.45) is 0 Å². The molecule has 0 bridgehead atoms. The van der Waals surface area contributed by atoms with Gasteiger partial charge < -0.3 is 14.8 Å². The molecule has 0 radical (unpaired) electrons. The first kappa shape index (κ1) is 14.2. The zero-order chi connectivity index (χ0) is 13.8. The molecule has 0 amide bonds. The van der Waals surface area contributed by atoms with Crippen LogP contribution in [0, 0.1) is 0 Å². The Bertz CT molecular complexity index is 462. The molecule has 0 saturated carbocycles. The van der Waals surface area contributed by atoms with Gasteiger partial charge in [-0.15, -0.1) is 0 Å². The number of benzene rings is 1. The first-order chi connectivity index (χ1) is 9.06. The maximum atomic E-state index is 11.3. The van der Waals surface area contributed by atoms with E-state index in [4.69, 9.17) is 21.1 Å². The number of carbonyl (C=O) groups is 1. The van der Waals surface area contributed by atoms with Crippen molar-refractivity contribution < 1.29 is 14.3 Å². The maximum Gasteiger partial charge on any atom is 0.347 e. The Balaban J connectivity index is 2.00. The number of cyclic esters (lactones) is 1. The van der Waals surface area contributed by atoms with E-state index in [1.165, 1.54) is 0 Å². The Morgan fingerprint density at radius 1 is 1.53 bits per heavy atom. The smallest absolute Gasteiger partial charge is 0.347 e. The zero-order valence-corrected chi connectivity index (χ0v) is 11.9. The Labute approximate surface area is 118 Å². The lowest BCUT2D eigenvalue weighted by Crippen LogP contribution is -2.22. The minimum Gasteiger partial charge on any atom is -0.477 e. The van der Waals surface area contributed by atoms with E-state index in [0.29, 0.717) is 29.8 Å². The van der Waals surface area contributed by atoms with Crippen LogP contribution in [0.1, 0.15) is 25.8 Å². The highest BCUT2D eigenvalue weighted by molar-refractivity contribution is 6.32. The number of rotatable bonds is 5. The summed E-state index contributed by atoms with van der Waals surface area (Å²) in [5.41, 5.74) is 1.08. The highest BCUT2D eigenvalue weighted by atomic mass is 35.5. The van der Waals surface area contributed by atoms with Crippen LogP contribution in [0.4, 0.5) is 0 Å². The standard InChI is InChI=1S/C14H18ClNO3/c1-9(2)16-8-10-3-4-12(11(15)7-10)19-13-5-6-18-14(13)17/h3-4,7,9,13,16H,5-6,8H2,1-2H3. The minimum atomic E-state index is -0.530. The van der Waals surface area contributed by atoms with E-state index in [0.717, 1.165) is 12.1 Å². The molecular formula is C14H18ClNO3. The zero-order valence-electron chi connectivity index (χ0n) is 11.1. The van der Waals surface area contributed by atoms with E-state index in [-0.39, 0.29) is 5.97 Å². The lowest BCUT2D eigenvalue weighted by molar-refractivity contribution is -0.143. The van der Waals surface area contributed by atoms with Crippen molar-refractivity contribution in [3.63, 3.8) is 0 Å². The third-order valence-electron chi connectivity index (χ3n) is 2.87. The predicted octanol–water partition coefficient (Wildman–Crippen LogP) is 2.53. The fourth-order valence-electron chi connectivity index (χ4n) is 1.81. The number of ether oxygens (including phenoxy) is 2. The van der Waals surface area contributed by atoms with Crippen LogP contribution in [0.2, 0.25) is 5.02 Å².